The number of methoxy groups -OCH3 is 1. The van der Waals surface area contributed by atoms with Crippen LogP contribution in [0.15, 0.2) is 16.6 Å². The highest BCUT2D eigenvalue weighted by atomic mass is 32.2. The van der Waals surface area contributed by atoms with Crippen LogP contribution in [0, 0.1) is 5.92 Å². The molecule has 0 aromatic carbocycles. The van der Waals surface area contributed by atoms with Crippen LogP contribution < -0.4 is 5.32 Å². The third-order valence-corrected chi connectivity index (χ3v) is 9.47. The number of nitrogens with zero attached hydrogens (tertiary/aromatic N) is 3. The molecule has 1 atom stereocenters. The molecule has 1 N–H and O–H groups in total. The Labute approximate surface area is 218 Å². The zero-order valence-electron chi connectivity index (χ0n) is 20.8. The van der Waals surface area contributed by atoms with E-state index < -0.39 is 0 Å². The topological polar surface area (TPSA) is 86.1 Å². The predicted octanol–water partition coefficient (Wildman–Crippen LogP) is 6.24. The summed E-state index contributed by atoms with van der Waals surface area (Å²) in [6, 6.07) is 2.18. The maximum atomic E-state index is 12.9. The molecule has 35 heavy (non-hydrogen) atoms. The Morgan fingerprint density at radius 3 is 2.83 bits per heavy atom. The molecule has 4 rings (SSSR count). The Morgan fingerprint density at radius 2 is 2.14 bits per heavy atom. The van der Waals surface area contributed by atoms with Crippen LogP contribution in [0.4, 0.5) is 5.00 Å². The van der Waals surface area contributed by atoms with Gasteiger partial charge >= 0.3 is 5.97 Å². The second-order valence-electron chi connectivity index (χ2n) is 9.23. The van der Waals surface area contributed by atoms with Gasteiger partial charge in [0.05, 0.1) is 18.4 Å². The van der Waals surface area contributed by atoms with Crippen molar-refractivity contribution in [2.24, 2.45) is 5.92 Å². The van der Waals surface area contributed by atoms with Gasteiger partial charge in [-0.3, -0.25) is 4.79 Å². The first-order valence-corrected chi connectivity index (χ1v) is 14.7. The number of aromatic nitrogens is 3. The minimum atomic E-state index is -0.385. The number of amides is 1. The van der Waals surface area contributed by atoms with Gasteiger partial charge in [0.25, 0.3) is 0 Å². The molecule has 1 amide bonds. The number of hydrogen-bond acceptors (Lipinski definition) is 8. The summed E-state index contributed by atoms with van der Waals surface area (Å²) in [4.78, 5) is 27.9. The van der Waals surface area contributed by atoms with Gasteiger partial charge in [-0.15, -0.1) is 32.9 Å². The molecule has 3 heterocycles. The van der Waals surface area contributed by atoms with E-state index in [1.807, 2.05) is 0 Å². The first-order valence-electron chi connectivity index (χ1n) is 12.0. The van der Waals surface area contributed by atoms with Gasteiger partial charge in [-0.2, -0.15) is 0 Å². The van der Waals surface area contributed by atoms with E-state index in [9.17, 15) is 9.59 Å². The average Bonchev–Trinajstić information content (AvgIpc) is 3.54. The van der Waals surface area contributed by atoms with Crippen molar-refractivity contribution in [2.75, 3.05) is 18.2 Å². The monoisotopic (exact) mass is 532 g/mol. The highest BCUT2D eigenvalue weighted by Gasteiger charge is 2.29. The molecular weight excluding hydrogens is 501 g/mol. The number of thiophene rings is 2. The predicted molar refractivity (Wildman–Crippen MR) is 144 cm³/mol. The lowest BCUT2D eigenvalue weighted by Crippen LogP contribution is -2.17. The molecule has 0 saturated heterocycles. The standard InChI is InChI=1S/C25H32N4O3S3/c1-6-9-29-22(16-11-18(14(2)3)33-12-16)27-28-25(29)34-13-20(30)26-23-21(24(31)32-5)17-8-7-15(4)10-19(17)35-23/h11-12,14-15H,6-10,13H2,1-5H3,(H,26,30). The molecule has 0 saturated carbocycles. The molecular formula is C25H32N4O3S3. The lowest BCUT2D eigenvalue weighted by atomic mass is 9.88. The summed E-state index contributed by atoms with van der Waals surface area (Å²) in [5.41, 5.74) is 2.62. The van der Waals surface area contributed by atoms with Crippen LogP contribution in [0.1, 0.15) is 72.1 Å². The number of carbonyl (C=O) groups excluding carboxylic acids is 2. The van der Waals surface area contributed by atoms with E-state index in [2.05, 4.69) is 59.2 Å². The van der Waals surface area contributed by atoms with Gasteiger partial charge in [0, 0.05) is 27.2 Å². The third kappa shape index (κ3) is 5.65. The molecule has 188 valence electrons. The Bertz CT molecular complexity index is 1210. The normalized spacial score (nSPS) is 15.3. The smallest absolute Gasteiger partial charge is 0.341 e. The van der Waals surface area contributed by atoms with Crippen molar-refractivity contribution < 1.29 is 14.3 Å². The average molecular weight is 533 g/mol. The first kappa shape index (κ1) is 25.9. The number of carbonyl (C=O) groups is 2. The van der Waals surface area contributed by atoms with Crippen molar-refractivity contribution in [3.05, 3.63) is 32.3 Å². The Morgan fingerprint density at radius 1 is 1.34 bits per heavy atom. The van der Waals surface area contributed by atoms with Crippen molar-refractivity contribution in [3.63, 3.8) is 0 Å². The van der Waals surface area contributed by atoms with Crippen molar-refractivity contribution in [3.8, 4) is 11.4 Å². The number of nitrogens with one attached hydrogen (secondary N) is 1. The zero-order chi connectivity index (χ0) is 25.1. The molecule has 7 nitrogen and oxygen atoms in total. The van der Waals surface area contributed by atoms with Crippen LogP contribution in [0.25, 0.3) is 11.4 Å². The summed E-state index contributed by atoms with van der Waals surface area (Å²) in [7, 11) is 1.38. The van der Waals surface area contributed by atoms with Crippen LogP contribution in [0.3, 0.4) is 0 Å². The number of esters is 1. The second-order valence-corrected chi connectivity index (χ2v) is 12.2. The fourth-order valence-corrected chi connectivity index (χ4v) is 7.34. The highest BCUT2D eigenvalue weighted by molar-refractivity contribution is 7.99. The van der Waals surface area contributed by atoms with Crippen molar-refractivity contribution in [1.82, 2.24) is 14.8 Å². The summed E-state index contributed by atoms with van der Waals surface area (Å²) in [6.07, 6.45) is 3.74. The van der Waals surface area contributed by atoms with Crippen molar-refractivity contribution in [1.29, 1.82) is 0 Å². The Balaban J connectivity index is 1.49. The van der Waals surface area contributed by atoms with E-state index in [4.69, 9.17) is 4.74 Å². The number of thioether (sulfide) groups is 1. The lowest BCUT2D eigenvalue weighted by molar-refractivity contribution is -0.113. The van der Waals surface area contributed by atoms with E-state index in [1.54, 1.807) is 11.3 Å². The second kappa shape index (κ2) is 11.3. The maximum absolute atomic E-state index is 12.9. The summed E-state index contributed by atoms with van der Waals surface area (Å²) < 4.78 is 7.13. The Kier molecular flexibility index (Phi) is 8.34. The van der Waals surface area contributed by atoms with E-state index in [1.165, 1.54) is 40.0 Å². The molecule has 1 aliphatic carbocycles. The van der Waals surface area contributed by atoms with Crippen LogP contribution in [-0.4, -0.2) is 39.5 Å². The molecule has 3 aromatic rings. The van der Waals surface area contributed by atoms with Gasteiger partial charge < -0.3 is 14.6 Å². The zero-order valence-corrected chi connectivity index (χ0v) is 23.3. The largest absolute Gasteiger partial charge is 0.465 e. The lowest BCUT2D eigenvalue weighted by Gasteiger charge is -2.18. The molecule has 0 radical (unpaired) electrons. The number of fused-ring (bicyclic) bond motifs is 1. The van der Waals surface area contributed by atoms with Crippen LogP contribution in [-0.2, 0) is 28.9 Å². The molecule has 0 bridgehead atoms. The van der Waals surface area contributed by atoms with Crippen LogP contribution >= 0.6 is 34.4 Å². The van der Waals surface area contributed by atoms with Gasteiger partial charge in [-0.1, -0.05) is 39.5 Å². The molecule has 3 aromatic heterocycles. The SMILES string of the molecule is CCCn1c(SCC(=O)Nc2sc3c(c2C(=O)OC)CCC(C)C3)nnc1-c1csc(C(C)C)c1. The number of hydrogen-bond donors (Lipinski definition) is 1. The molecule has 0 fully saturated rings. The summed E-state index contributed by atoms with van der Waals surface area (Å²) in [5, 5.41) is 15.3. The summed E-state index contributed by atoms with van der Waals surface area (Å²) in [6.45, 7) is 9.48. The molecule has 1 unspecified atom stereocenters. The molecule has 10 heteroatoms. The fourth-order valence-electron chi connectivity index (χ4n) is 4.26. The van der Waals surface area contributed by atoms with Gasteiger partial charge in [0.2, 0.25) is 5.91 Å². The van der Waals surface area contributed by atoms with Gasteiger partial charge in [-0.25, -0.2) is 4.79 Å². The van der Waals surface area contributed by atoms with Crippen molar-refractivity contribution in [2.45, 2.75) is 71.0 Å². The van der Waals surface area contributed by atoms with Gasteiger partial charge in [0.1, 0.15) is 5.00 Å². The number of rotatable bonds is 9. The first-order chi connectivity index (χ1) is 16.8. The molecule has 1 aliphatic rings. The Hall–Kier alpha value is -2.17. The minimum absolute atomic E-state index is 0.169. The van der Waals surface area contributed by atoms with Crippen molar-refractivity contribution >= 4 is 51.3 Å². The molecule has 0 aliphatic heterocycles. The van der Waals surface area contributed by atoms with E-state index >= 15 is 0 Å². The van der Waals surface area contributed by atoms with E-state index in [-0.39, 0.29) is 17.6 Å². The fraction of sp³-hybridized carbons (Fsp3) is 0.520. The third-order valence-electron chi connectivity index (χ3n) is 6.10. The summed E-state index contributed by atoms with van der Waals surface area (Å²) in [5.74, 6) is 1.51. The quantitative estimate of drug-likeness (QED) is 0.259. The van der Waals surface area contributed by atoms with Crippen LogP contribution in [0.5, 0.6) is 0 Å². The number of ether oxygens (including phenoxy) is 1. The highest BCUT2D eigenvalue weighted by Crippen LogP contribution is 2.40. The minimum Gasteiger partial charge on any atom is -0.465 e. The molecule has 0 spiro atoms. The van der Waals surface area contributed by atoms with E-state index in [0.29, 0.717) is 22.4 Å². The van der Waals surface area contributed by atoms with Crippen LogP contribution in [0.2, 0.25) is 0 Å². The maximum Gasteiger partial charge on any atom is 0.341 e. The van der Waals surface area contributed by atoms with Gasteiger partial charge in [0.15, 0.2) is 11.0 Å². The van der Waals surface area contributed by atoms with Gasteiger partial charge in [-0.05, 0) is 49.1 Å². The summed E-state index contributed by atoms with van der Waals surface area (Å²) >= 11 is 4.61. The number of anilines is 1. The van der Waals surface area contributed by atoms with E-state index in [0.717, 1.165) is 54.3 Å².